The van der Waals surface area contributed by atoms with Crippen molar-refractivity contribution in [3.05, 3.63) is 63.9 Å². The van der Waals surface area contributed by atoms with Gasteiger partial charge in [-0.1, -0.05) is 34.6 Å². The molecule has 1 aromatic carbocycles. The van der Waals surface area contributed by atoms with Gasteiger partial charge in [-0.15, -0.1) is 0 Å². The molecule has 2 saturated heterocycles. The number of aryl methyl sites for hydroxylation is 2. The molecule has 15 atom stereocenters. The number of carbonyl (C=O) groups excluding carboxylic acids is 7. The normalized spacial score (nSPS) is 32.8. The maximum atomic E-state index is 14.4. The molecule has 6 aliphatic rings. The van der Waals surface area contributed by atoms with E-state index < -0.39 is 143 Å². The van der Waals surface area contributed by atoms with Gasteiger partial charge in [0.2, 0.25) is 41.4 Å². The van der Waals surface area contributed by atoms with Gasteiger partial charge >= 0.3 is 7.82 Å². The Morgan fingerprint density at radius 2 is 1.40 bits per heavy atom. The molecule has 6 aliphatic heterocycles. The number of fused-ring (bicyclic) bond motifs is 7. The molecule has 0 saturated carbocycles. The molecule has 1 aromatic heterocycles. The number of benzene rings is 1. The standard InChI is InChI=1S/C62H90N13O14P/c1-29-20-39-40(21-30(29)2)75(28-70-39)57-52(84)53(41(27-76)87-57)89-90(85,86)88-31(3)26-69-49(83)18-19-59(8)37(22-46(66)80)56-62(11)61(10,25-48(68)82)36(14-17-45(65)79)51(74-62)33(5)55-60(9,24-47(67)81)34(12-15-43(63)77)38(71-55)23-42-58(6,7)35(13-16-44(64)78)50(72-42)32(4)54(59)73-56/h20-21,23,28,31,34-37,41,52-53,56-57,71,76,84H,12-19,22,24-27H2,1-11H3,(H2,63,77)(H2,64,78)(H2,65,79)(H2,66,80)(H2,67,81)(H2,68,82)(H,69,83)(H,85,86)/b38-23?,50-32-,55-33?/t31?,34?,35?,36?,37?,41-,52-,53-,56?,57+,59?,60?,61?,62?/m1/s1. The number of aliphatic hydroxyl groups is 2. The molecule has 2 fully saturated rings. The van der Waals surface area contributed by atoms with Crippen LogP contribution in [0.3, 0.4) is 0 Å². The number of nitrogens with zero attached hydrogens (tertiary/aromatic N) is 5. The summed E-state index contributed by atoms with van der Waals surface area (Å²) in [4.78, 5) is 126. The number of allylic oxidation sites excluding steroid dienone is 6. The minimum absolute atomic E-state index is 0.0114. The topological polar surface area (TPSA) is 460 Å². The van der Waals surface area contributed by atoms with Crippen molar-refractivity contribution in [1.82, 2.24) is 20.2 Å². The minimum atomic E-state index is -5.07. The highest BCUT2D eigenvalue weighted by Gasteiger charge is 2.66. The number of aliphatic imine (C=N–C) groups is 3. The third kappa shape index (κ3) is 13.0. The Hall–Kier alpha value is -7.00. The molecule has 11 unspecified atom stereocenters. The first-order valence-corrected chi connectivity index (χ1v) is 32.1. The van der Waals surface area contributed by atoms with Gasteiger partial charge in [0, 0.05) is 131 Å². The lowest BCUT2D eigenvalue weighted by atomic mass is 9.55. The van der Waals surface area contributed by atoms with E-state index in [1.165, 1.54) is 13.3 Å². The number of nitrogens with two attached hydrogens (primary N) is 6. The number of hydrogen-bond donors (Lipinski definition) is 11. The summed E-state index contributed by atoms with van der Waals surface area (Å²) in [5.74, 6) is -7.18. The molecule has 7 amide bonds. The Kier molecular flexibility index (Phi) is 19.6. The molecule has 90 heavy (non-hydrogen) atoms. The van der Waals surface area contributed by atoms with Crippen molar-refractivity contribution in [3.63, 3.8) is 0 Å². The van der Waals surface area contributed by atoms with E-state index in [1.54, 1.807) is 4.57 Å². The molecule has 0 aliphatic carbocycles. The average Bonchev–Trinajstić information content (AvgIpc) is 1.53. The zero-order valence-electron chi connectivity index (χ0n) is 53.3. The molecular formula is C62H90N13O14P. The Morgan fingerprint density at radius 1 is 0.800 bits per heavy atom. The fraction of sp³-hybridized carbons (Fsp3) is 0.629. The van der Waals surface area contributed by atoms with E-state index in [4.69, 9.17) is 63.2 Å². The van der Waals surface area contributed by atoms with Crippen LogP contribution in [-0.4, -0.2) is 132 Å². The summed E-state index contributed by atoms with van der Waals surface area (Å²) in [6, 6.07) is 2.70. The molecule has 28 heteroatoms. The lowest BCUT2D eigenvalue weighted by Gasteiger charge is -2.48. The number of ether oxygens (including phenoxy) is 1. The van der Waals surface area contributed by atoms with Crippen LogP contribution in [0.25, 0.3) is 11.0 Å². The third-order valence-corrected chi connectivity index (χ3v) is 21.7. The molecule has 492 valence electrons. The summed E-state index contributed by atoms with van der Waals surface area (Å²) in [5, 5.41) is 28.2. The Labute approximate surface area is 523 Å². The number of hydrogen-bond acceptors (Lipinski definition) is 18. The summed E-state index contributed by atoms with van der Waals surface area (Å²) in [5.41, 5.74) is 37.4. The first-order chi connectivity index (χ1) is 41.8. The number of nitrogens with one attached hydrogen (secondary N) is 2. The van der Waals surface area contributed by atoms with Crippen molar-refractivity contribution in [2.75, 3.05) is 13.2 Å². The van der Waals surface area contributed by atoms with Crippen molar-refractivity contribution in [1.29, 1.82) is 0 Å². The van der Waals surface area contributed by atoms with E-state index in [0.717, 1.165) is 11.1 Å². The summed E-state index contributed by atoms with van der Waals surface area (Å²) in [6.07, 6.45) is -4.26. The second-order valence-corrected chi connectivity index (χ2v) is 28.4. The molecule has 17 N–H and O–H groups in total. The van der Waals surface area contributed by atoms with E-state index in [9.17, 15) is 53.2 Å². The smallest absolute Gasteiger partial charge is 0.394 e. The van der Waals surface area contributed by atoms with Gasteiger partial charge in [-0.05, 0) is 108 Å². The maximum absolute atomic E-state index is 14.4. The van der Waals surface area contributed by atoms with Crippen LogP contribution in [0, 0.1) is 59.2 Å². The summed E-state index contributed by atoms with van der Waals surface area (Å²) >= 11 is 0. The SMILES string of the molecule is CC1=C2NC(=CC3=N/C(=C(/C)C4=NC(C(CC(N)=O)C4(C)CCC(=O)NCC(C)OP(=O)(O)O[C@H]4[C@@H](O)[C@@H](n5cnc6cc(C)c(C)cc65)O[C@@H]4CO)C4(C)N=C1C(CCC(N)=O)C4(C)CC(N)=O)C(CCC(N)=O)C3(C)C)C(CCC(N)=O)C2(C)CC(N)=O. The van der Waals surface area contributed by atoms with Crippen LogP contribution >= 0.6 is 7.82 Å². The largest absolute Gasteiger partial charge is 0.472 e. The number of carbonyl (C=O) groups is 7. The predicted molar refractivity (Wildman–Crippen MR) is 334 cm³/mol. The van der Waals surface area contributed by atoms with E-state index >= 15 is 0 Å². The monoisotopic (exact) mass is 1270 g/mol. The maximum Gasteiger partial charge on any atom is 0.472 e. The number of primary amides is 6. The fourth-order valence-electron chi connectivity index (χ4n) is 15.4. The quantitative estimate of drug-likeness (QED) is 0.0603. The van der Waals surface area contributed by atoms with Gasteiger partial charge in [0.15, 0.2) is 6.23 Å². The van der Waals surface area contributed by atoms with Crippen molar-refractivity contribution in [2.45, 2.75) is 189 Å². The van der Waals surface area contributed by atoms with Crippen LogP contribution in [0.5, 0.6) is 0 Å². The number of imidazole rings is 1. The number of aromatic nitrogens is 2. The highest BCUT2D eigenvalue weighted by Crippen LogP contribution is 2.63. The molecular weight excluding hydrogens is 1180 g/mol. The van der Waals surface area contributed by atoms with Crippen LogP contribution in [0.2, 0.25) is 0 Å². The van der Waals surface area contributed by atoms with Crippen molar-refractivity contribution < 1.29 is 67.0 Å². The van der Waals surface area contributed by atoms with Crippen molar-refractivity contribution in [2.24, 2.45) is 94.7 Å². The molecule has 7 heterocycles. The molecule has 2 aromatic rings. The predicted octanol–water partition coefficient (Wildman–Crippen LogP) is 3.16. The average molecular weight is 1270 g/mol. The number of amides is 7. The second-order valence-electron chi connectivity index (χ2n) is 27.1. The van der Waals surface area contributed by atoms with E-state index in [0.29, 0.717) is 56.4 Å². The number of aliphatic hydroxyl groups excluding tert-OH is 2. The Balaban J connectivity index is 1.19. The van der Waals surface area contributed by atoms with Crippen LogP contribution in [-0.2, 0) is 51.9 Å². The van der Waals surface area contributed by atoms with Crippen LogP contribution in [0.4, 0.5) is 0 Å². The molecule has 27 nitrogen and oxygen atoms in total. The minimum Gasteiger partial charge on any atom is -0.394 e. The van der Waals surface area contributed by atoms with Crippen LogP contribution in [0.1, 0.15) is 150 Å². The van der Waals surface area contributed by atoms with E-state index in [2.05, 4.69) is 15.6 Å². The van der Waals surface area contributed by atoms with Crippen LogP contribution in [0.15, 0.2) is 67.8 Å². The Bertz CT molecular complexity index is 3540. The van der Waals surface area contributed by atoms with Gasteiger partial charge in [0.05, 0.1) is 41.7 Å². The zero-order chi connectivity index (χ0) is 66.7. The second kappa shape index (κ2) is 25.6. The lowest BCUT2D eigenvalue weighted by molar-refractivity contribution is -0.124. The van der Waals surface area contributed by atoms with Crippen molar-refractivity contribution >= 4 is 77.3 Å². The van der Waals surface area contributed by atoms with E-state index in [1.807, 2.05) is 87.4 Å². The van der Waals surface area contributed by atoms with Gasteiger partial charge in [-0.25, -0.2) is 9.55 Å². The lowest BCUT2D eigenvalue weighted by Crippen LogP contribution is -2.56. The summed E-state index contributed by atoms with van der Waals surface area (Å²) in [7, 11) is -5.07. The van der Waals surface area contributed by atoms with Gasteiger partial charge in [0.25, 0.3) is 0 Å². The fourth-order valence-corrected chi connectivity index (χ4v) is 16.6. The first-order valence-electron chi connectivity index (χ1n) is 30.6. The van der Waals surface area contributed by atoms with E-state index in [-0.39, 0.29) is 77.2 Å². The Morgan fingerprint density at radius 3 is 1.99 bits per heavy atom. The zero-order valence-corrected chi connectivity index (χ0v) is 54.1. The van der Waals surface area contributed by atoms with Gasteiger partial charge < -0.3 is 69.4 Å². The molecule has 0 radical (unpaired) electrons. The molecule has 8 bridgehead atoms. The highest BCUT2D eigenvalue weighted by molar-refractivity contribution is 7.47. The summed E-state index contributed by atoms with van der Waals surface area (Å²) < 4.78 is 32.3. The third-order valence-electron chi connectivity index (χ3n) is 20.6. The van der Waals surface area contributed by atoms with Gasteiger partial charge in [0.1, 0.15) is 18.3 Å². The highest BCUT2D eigenvalue weighted by atomic mass is 31.2. The molecule has 8 rings (SSSR count). The number of phosphoric ester groups is 1. The van der Waals surface area contributed by atoms with Crippen LogP contribution < -0.4 is 45.0 Å². The van der Waals surface area contributed by atoms with Gasteiger partial charge in [-0.3, -0.25) is 57.6 Å². The number of phosphoric acid groups is 1. The van der Waals surface area contributed by atoms with Gasteiger partial charge in [-0.2, -0.15) is 0 Å². The number of rotatable bonds is 26. The molecule has 0 spiro atoms. The summed E-state index contributed by atoms with van der Waals surface area (Å²) in [6.45, 7) is 19.3. The first kappa shape index (κ1) is 68.9. The van der Waals surface area contributed by atoms with Crippen molar-refractivity contribution in [3.8, 4) is 0 Å².